The quantitative estimate of drug-likeness (QED) is 0.850. The highest BCUT2D eigenvalue weighted by atomic mass is 79.9. The first-order valence-corrected chi connectivity index (χ1v) is 5.32. The number of hydrogen-bond acceptors (Lipinski definition) is 2. The topological polar surface area (TPSA) is 43.3 Å². The lowest BCUT2D eigenvalue weighted by Crippen LogP contribution is -1.96. The van der Waals surface area contributed by atoms with Crippen molar-refractivity contribution in [1.29, 1.82) is 0 Å². The van der Waals surface area contributed by atoms with E-state index < -0.39 is 0 Å². The molecule has 0 saturated carbocycles. The van der Waals surface area contributed by atoms with Crippen molar-refractivity contribution in [1.82, 2.24) is 9.38 Å². The smallest absolute Gasteiger partial charge is 0.149 e. The van der Waals surface area contributed by atoms with Gasteiger partial charge in [-0.25, -0.2) is 4.98 Å². The van der Waals surface area contributed by atoms with Crippen molar-refractivity contribution in [2.75, 3.05) is 5.73 Å². The van der Waals surface area contributed by atoms with E-state index in [2.05, 4.69) is 34.8 Å². The van der Waals surface area contributed by atoms with Gasteiger partial charge in [-0.1, -0.05) is 13.8 Å². The first-order chi connectivity index (χ1) is 6.59. The molecule has 0 unspecified atom stereocenters. The van der Waals surface area contributed by atoms with Gasteiger partial charge in [0.2, 0.25) is 0 Å². The lowest BCUT2D eigenvalue weighted by atomic mass is 10.2. The summed E-state index contributed by atoms with van der Waals surface area (Å²) < 4.78 is 3.06. The summed E-state index contributed by atoms with van der Waals surface area (Å²) in [7, 11) is 0. The van der Waals surface area contributed by atoms with E-state index in [0.717, 1.165) is 15.8 Å². The molecule has 0 atom stereocenters. The van der Waals surface area contributed by atoms with Gasteiger partial charge < -0.3 is 10.1 Å². The molecule has 0 aliphatic heterocycles. The van der Waals surface area contributed by atoms with Crippen LogP contribution in [0.3, 0.4) is 0 Å². The summed E-state index contributed by atoms with van der Waals surface area (Å²) in [5, 5.41) is 0. The van der Waals surface area contributed by atoms with E-state index in [9.17, 15) is 0 Å². The Balaban J connectivity index is 2.79. The fourth-order valence-electron chi connectivity index (χ4n) is 1.51. The minimum absolute atomic E-state index is 0.370. The number of nitrogen functional groups attached to an aromatic ring is 1. The standard InChI is InChI=1S/C10H12BrN3/c1-6(2)10-13-9(12)8-4-3-7(11)5-14(8)10/h3-6H,12H2,1-2H3. The van der Waals surface area contributed by atoms with E-state index >= 15 is 0 Å². The van der Waals surface area contributed by atoms with Crippen molar-refractivity contribution < 1.29 is 0 Å². The lowest BCUT2D eigenvalue weighted by molar-refractivity contribution is 0.770. The van der Waals surface area contributed by atoms with Gasteiger partial charge in [-0.15, -0.1) is 0 Å². The minimum Gasteiger partial charge on any atom is -0.382 e. The number of aromatic nitrogens is 2. The van der Waals surface area contributed by atoms with Crippen molar-refractivity contribution in [2.24, 2.45) is 0 Å². The average Bonchev–Trinajstić information content (AvgIpc) is 2.43. The fourth-order valence-corrected chi connectivity index (χ4v) is 1.85. The number of nitrogens with two attached hydrogens (primary N) is 1. The Morgan fingerprint density at radius 1 is 1.43 bits per heavy atom. The number of imidazole rings is 1. The summed E-state index contributed by atoms with van der Waals surface area (Å²) >= 11 is 3.44. The summed E-state index contributed by atoms with van der Waals surface area (Å²) in [6.07, 6.45) is 1.99. The van der Waals surface area contributed by atoms with E-state index in [4.69, 9.17) is 5.73 Å². The Labute approximate surface area is 91.1 Å². The van der Waals surface area contributed by atoms with Crippen LogP contribution in [-0.4, -0.2) is 9.38 Å². The lowest BCUT2D eigenvalue weighted by Gasteiger charge is -2.03. The molecule has 2 heterocycles. The third-order valence-electron chi connectivity index (χ3n) is 2.17. The van der Waals surface area contributed by atoms with Crippen LogP contribution in [0.2, 0.25) is 0 Å². The van der Waals surface area contributed by atoms with E-state index in [1.165, 1.54) is 0 Å². The van der Waals surface area contributed by atoms with Crippen molar-refractivity contribution in [2.45, 2.75) is 19.8 Å². The number of halogens is 1. The zero-order chi connectivity index (χ0) is 10.3. The molecule has 2 N–H and O–H groups in total. The number of rotatable bonds is 1. The molecule has 4 heteroatoms. The molecule has 0 aliphatic rings. The number of anilines is 1. The third-order valence-corrected chi connectivity index (χ3v) is 2.64. The molecule has 14 heavy (non-hydrogen) atoms. The highest BCUT2D eigenvalue weighted by Gasteiger charge is 2.11. The SMILES string of the molecule is CC(C)c1nc(N)c2ccc(Br)cn12. The molecule has 0 bridgehead atoms. The van der Waals surface area contributed by atoms with Gasteiger partial charge in [0, 0.05) is 16.6 Å². The molecular formula is C10H12BrN3. The van der Waals surface area contributed by atoms with Crippen molar-refractivity contribution >= 4 is 27.3 Å². The van der Waals surface area contributed by atoms with Crippen molar-refractivity contribution in [3.8, 4) is 0 Å². The molecule has 0 radical (unpaired) electrons. The van der Waals surface area contributed by atoms with Crippen LogP contribution in [0.15, 0.2) is 22.8 Å². The van der Waals surface area contributed by atoms with E-state index in [-0.39, 0.29) is 0 Å². The summed E-state index contributed by atoms with van der Waals surface area (Å²) in [5.74, 6) is 1.97. The van der Waals surface area contributed by atoms with Crippen LogP contribution in [0.1, 0.15) is 25.6 Å². The molecule has 0 amide bonds. The van der Waals surface area contributed by atoms with Gasteiger partial charge in [0.05, 0.1) is 5.52 Å². The summed E-state index contributed by atoms with van der Waals surface area (Å²) in [6.45, 7) is 4.21. The molecule has 74 valence electrons. The molecule has 0 spiro atoms. The fraction of sp³-hybridized carbons (Fsp3) is 0.300. The maximum atomic E-state index is 5.82. The molecule has 0 aliphatic carbocycles. The van der Waals surface area contributed by atoms with Crippen LogP contribution in [0.25, 0.3) is 5.52 Å². The Morgan fingerprint density at radius 3 is 2.79 bits per heavy atom. The Bertz CT molecular complexity index is 473. The molecule has 2 aromatic rings. The van der Waals surface area contributed by atoms with E-state index in [1.807, 2.05) is 22.7 Å². The van der Waals surface area contributed by atoms with Crippen LogP contribution < -0.4 is 5.73 Å². The first kappa shape index (κ1) is 9.52. The maximum Gasteiger partial charge on any atom is 0.149 e. The second-order valence-corrected chi connectivity index (χ2v) is 4.53. The minimum atomic E-state index is 0.370. The predicted octanol–water partition coefficient (Wildman–Crippen LogP) is 2.80. The van der Waals surface area contributed by atoms with Crippen LogP contribution in [-0.2, 0) is 0 Å². The summed E-state index contributed by atoms with van der Waals surface area (Å²) in [5.41, 5.74) is 6.79. The molecule has 3 nitrogen and oxygen atoms in total. The number of pyridine rings is 1. The molecular weight excluding hydrogens is 242 g/mol. The van der Waals surface area contributed by atoms with Gasteiger partial charge in [0.25, 0.3) is 0 Å². The second kappa shape index (κ2) is 3.28. The van der Waals surface area contributed by atoms with Gasteiger partial charge in [-0.2, -0.15) is 0 Å². The predicted molar refractivity (Wildman–Crippen MR) is 61.4 cm³/mol. The van der Waals surface area contributed by atoms with E-state index in [0.29, 0.717) is 11.7 Å². The Morgan fingerprint density at radius 2 is 2.14 bits per heavy atom. The van der Waals surface area contributed by atoms with E-state index in [1.54, 1.807) is 0 Å². The second-order valence-electron chi connectivity index (χ2n) is 3.61. The van der Waals surface area contributed by atoms with Gasteiger partial charge in [0.1, 0.15) is 11.6 Å². The molecule has 0 fully saturated rings. The number of hydrogen-bond donors (Lipinski definition) is 1. The summed E-state index contributed by atoms with van der Waals surface area (Å²) in [6, 6.07) is 3.94. The largest absolute Gasteiger partial charge is 0.382 e. The molecule has 0 saturated heterocycles. The highest BCUT2D eigenvalue weighted by Crippen LogP contribution is 2.23. The van der Waals surface area contributed by atoms with Crippen LogP contribution in [0, 0.1) is 0 Å². The Kier molecular flexibility index (Phi) is 2.23. The highest BCUT2D eigenvalue weighted by molar-refractivity contribution is 9.10. The molecule has 0 aromatic carbocycles. The molecule has 2 rings (SSSR count). The normalized spacial score (nSPS) is 11.4. The van der Waals surface area contributed by atoms with Crippen LogP contribution in [0.4, 0.5) is 5.82 Å². The van der Waals surface area contributed by atoms with Gasteiger partial charge in [0.15, 0.2) is 0 Å². The van der Waals surface area contributed by atoms with Gasteiger partial charge >= 0.3 is 0 Å². The van der Waals surface area contributed by atoms with Crippen LogP contribution >= 0.6 is 15.9 Å². The molecule has 2 aromatic heterocycles. The average molecular weight is 254 g/mol. The van der Waals surface area contributed by atoms with Crippen molar-refractivity contribution in [3.63, 3.8) is 0 Å². The Hall–Kier alpha value is -1.03. The zero-order valence-corrected chi connectivity index (χ0v) is 9.75. The first-order valence-electron chi connectivity index (χ1n) is 4.52. The van der Waals surface area contributed by atoms with Crippen molar-refractivity contribution in [3.05, 3.63) is 28.6 Å². The summed E-state index contributed by atoms with van der Waals surface area (Å²) in [4.78, 5) is 4.35. The maximum absolute atomic E-state index is 5.82. The van der Waals surface area contributed by atoms with Gasteiger partial charge in [-0.3, -0.25) is 0 Å². The zero-order valence-electron chi connectivity index (χ0n) is 8.16. The van der Waals surface area contributed by atoms with Crippen LogP contribution in [0.5, 0.6) is 0 Å². The number of nitrogens with zero attached hydrogens (tertiary/aromatic N) is 2. The third kappa shape index (κ3) is 1.39. The monoisotopic (exact) mass is 253 g/mol. The van der Waals surface area contributed by atoms with Gasteiger partial charge in [-0.05, 0) is 28.1 Å². The number of fused-ring (bicyclic) bond motifs is 1.